The highest BCUT2D eigenvalue weighted by Gasteiger charge is 2.08. The molecule has 6 heteroatoms. The molecule has 0 aliphatic carbocycles. The van der Waals surface area contributed by atoms with E-state index in [1.807, 2.05) is 30.3 Å². The lowest BCUT2D eigenvalue weighted by molar-refractivity contribution is 0.0950. The molecule has 4 nitrogen and oxygen atoms in total. The predicted octanol–water partition coefficient (Wildman–Crippen LogP) is 5.06. The average Bonchev–Trinajstić information content (AvgIpc) is 2.61. The van der Waals surface area contributed by atoms with Crippen molar-refractivity contribution in [1.29, 1.82) is 0 Å². The number of benzene rings is 2. The van der Waals surface area contributed by atoms with E-state index in [1.54, 1.807) is 30.5 Å². The SMILES string of the molecule is O=C(NCc1ccccc1Cl)c1cncc(Nc2cccc(Cl)c2)c1. The second kappa shape index (κ2) is 8.01. The van der Waals surface area contributed by atoms with E-state index in [9.17, 15) is 4.79 Å². The smallest absolute Gasteiger partial charge is 0.253 e. The Balaban J connectivity index is 1.68. The maximum absolute atomic E-state index is 12.3. The van der Waals surface area contributed by atoms with Gasteiger partial charge in [-0.3, -0.25) is 9.78 Å². The van der Waals surface area contributed by atoms with Crippen LogP contribution in [0.2, 0.25) is 10.0 Å². The first kappa shape index (κ1) is 17.3. The van der Waals surface area contributed by atoms with Crippen molar-refractivity contribution in [2.45, 2.75) is 6.54 Å². The second-order valence-electron chi connectivity index (χ2n) is 5.37. The van der Waals surface area contributed by atoms with Gasteiger partial charge in [0.25, 0.3) is 5.91 Å². The lowest BCUT2D eigenvalue weighted by atomic mass is 10.2. The third kappa shape index (κ3) is 4.72. The number of carbonyl (C=O) groups excluding carboxylic acids is 1. The van der Waals surface area contributed by atoms with Crippen LogP contribution in [0.1, 0.15) is 15.9 Å². The van der Waals surface area contributed by atoms with Gasteiger partial charge in [0, 0.05) is 28.5 Å². The summed E-state index contributed by atoms with van der Waals surface area (Å²) >= 11 is 12.1. The number of hydrogen-bond acceptors (Lipinski definition) is 3. The van der Waals surface area contributed by atoms with Crippen molar-refractivity contribution < 1.29 is 4.79 Å². The fraction of sp³-hybridized carbons (Fsp3) is 0.0526. The molecular formula is C19H15Cl2N3O. The van der Waals surface area contributed by atoms with Crippen LogP contribution < -0.4 is 10.6 Å². The molecule has 0 spiro atoms. The van der Waals surface area contributed by atoms with Crippen molar-refractivity contribution in [2.24, 2.45) is 0 Å². The first-order valence-corrected chi connectivity index (χ1v) is 8.36. The number of rotatable bonds is 5. The van der Waals surface area contributed by atoms with Crippen molar-refractivity contribution in [3.8, 4) is 0 Å². The van der Waals surface area contributed by atoms with Crippen molar-refractivity contribution in [1.82, 2.24) is 10.3 Å². The van der Waals surface area contributed by atoms with Gasteiger partial charge in [0.15, 0.2) is 0 Å². The number of halogens is 2. The number of pyridine rings is 1. The summed E-state index contributed by atoms with van der Waals surface area (Å²) < 4.78 is 0. The van der Waals surface area contributed by atoms with Crippen LogP contribution in [0.15, 0.2) is 67.0 Å². The van der Waals surface area contributed by atoms with E-state index < -0.39 is 0 Å². The largest absolute Gasteiger partial charge is 0.354 e. The van der Waals surface area contributed by atoms with Gasteiger partial charge in [-0.1, -0.05) is 47.5 Å². The number of aromatic nitrogens is 1. The molecule has 1 amide bonds. The van der Waals surface area contributed by atoms with Crippen molar-refractivity contribution >= 4 is 40.5 Å². The Morgan fingerprint density at radius 2 is 1.80 bits per heavy atom. The molecule has 126 valence electrons. The second-order valence-corrected chi connectivity index (χ2v) is 6.22. The van der Waals surface area contributed by atoms with Crippen LogP contribution in [0, 0.1) is 0 Å². The highest BCUT2D eigenvalue weighted by atomic mass is 35.5. The average molecular weight is 372 g/mol. The van der Waals surface area contributed by atoms with Crippen molar-refractivity contribution in [3.63, 3.8) is 0 Å². The molecule has 3 rings (SSSR count). The summed E-state index contributed by atoms with van der Waals surface area (Å²) in [7, 11) is 0. The summed E-state index contributed by atoms with van der Waals surface area (Å²) in [6, 6.07) is 16.4. The molecule has 0 atom stereocenters. The van der Waals surface area contributed by atoms with E-state index in [2.05, 4.69) is 15.6 Å². The zero-order valence-electron chi connectivity index (χ0n) is 13.2. The zero-order valence-corrected chi connectivity index (χ0v) is 14.7. The van der Waals surface area contributed by atoms with Gasteiger partial charge in [0.2, 0.25) is 0 Å². The van der Waals surface area contributed by atoms with E-state index in [0.29, 0.717) is 27.8 Å². The van der Waals surface area contributed by atoms with E-state index in [4.69, 9.17) is 23.2 Å². The number of amides is 1. The van der Waals surface area contributed by atoms with E-state index in [0.717, 1.165) is 11.3 Å². The minimum Gasteiger partial charge on any atom is -0.354 e. The molecule has 1 heterocycles. The molecule has 0 aliphatic heterocycles. The molecule has 0 saturated heterocycles. The first-order valence-electron chi connectivity index (χ1n) is 7.61. The molecular weight excluding hydrogens is 357 g/mol. The lowest BCUT2D eigenvalue weighted by Crippen LogP contribution is -2.23. The minimum absolute atomic E-state index is 0.220. The van der Waals surface area contributed by atoms with Gasteiger partial charge in [-0.25, -0.2) is 0 Å². The van der Waals surface area contributed by atoms with Crippen LogP contribution in [0.5, 0.6) is 0 Å². The van der Waals surface area contributed by atoms with Crippen LogP contribution >= 0.6 is 23.2 Å². The summed E-state index contributed by atoms with van der Waals surface area (Å²) in [6.07, 6.45) is 3.16. The Kier molecular flexibility index (Phi) is 5.53. The quantitative estimate of drug-likeness (QED) is 0.658. The molecule has 25 heavy (non-hydrogen) atoms. The molecule has 2 N–H and O–H groups in total. The van der Waals surface area contributed by atoms with Gasteiger partial charge >= 0.3 is 0 Å². The number of nitrogens with one attached hydrogen (secondary N) is 2. The monoisotopic (exact) mass is 371 g/mol. The molecule has 1 aromatic heterocycles. The van der Waals surface area contributed by atoms with Crippen LogP contribution in [-0.4, -0.2) is 10.9 Å². The third-order valence-electron chi connectivity index (χ3n) is 3.51. The molecule has 0 saturated carbocycles. The lowest BCUT2D eigenvalue weighted by Gasteiger charge is -2.09. The summed E-state index contributed by atoms with van der Waals surface area (Å²) in [4.78, 5) is 16.5. The first-order chi connectivity index (χ1) is 12.1. The topological polar surface area (TPSA) is 54.0 Å². The summed E-state index contributed by atoms with van der Waals surface area (Å²) in [5.74, 6) is -0.220. The Bertz CT molecular complexity index is 899. The van der Waals surface area contributed by atoms with E-state index >= 15 is 0 Å². The fourth-order valence-corrected chi connectivity index (χ4v) is 2.68. The predicted molar refractivity (Wildman–Crippen MR) is 102 cm³/mol. The molecule has 2 aromatic carbocycles. The standard InChI is InChI=1S/C19H15Cl2N3O/c20-15-5-3-6-16(9-15)24-17-8-14(10-22-12-17)19(25)23-11-13-4-1-2-7-18(13)21/h1-10,12,24H,11H2,(H,23,25). The molecule has 3 aromatic rings. The number of nitrogens with zero attached hydrogens (tertiary/aromatic N) is 1. The van der Waals surface area contributed by atoms with Gasteiger partial charge in [-0.15, -0.1) is 0 Å². The fourth-order valence-electron chi connectivity index (χ4n) is 2.28. The van der Waals surface area contributed by atoms with Crippen LogP contribution in [-0.2, 0) is 6.54 Å². The van der Waals surface area contributed by atoms with Crippen molar-refractivity contribution in [2.75, 3.05) is 5.32 Å². The minimum atomic E-state index is -0.220. The maximum atomic E-state index is 12.3. The van der Waals surface area contributed by atoms with Gasteiger partial charge in [-0.2, -0.15) is 0 Å². The highest BCUT2D eigenvalue weighted by molar-refractivity contribution is 6.31. The van der Waals surface area contributed by atoms with Gasteiger partial charge in [0.05, 0.1) is 17.4 Å². The Morgan fingerprint density at radius 3 is 2.60 bits per heavy atom. The van der Waals surface area contributed by atoms with Crippen LogP contribution in [0.25, 0.3) is 0 Å². The summed E-state index contributed by atoms with van der Waals surface area (Å²) in [5.41, 5.74) is 2.84. The Hall–Kier alpha value is -2.56. The van der Waals surface area contributed by atoms with Gasteiger partial charge < -0.3 is 10.6 Å². The summed E-state index contributed by atoms with van der Waals surface area (Å²) in [5, 5.41) is 7.27. The summed E-state index contributed by atoms with van der Waals surface area (Å²) in [6.45, 7) is 0.352. The van der Waals surface area contributed by atoms with E-state index in [-0.39, 0.29) is 5.91 Å². The number of carbonyl (C=O) groups is 1. The number of hydrogen-bond donors (Lipinski definition) is 2. The Labute approximate surface area is 155 Å². The third-order valence-corrected chi connectivity index (χ3v) is 4.11. The van der Waals surface area contributed by atoms with Gasteiger partial charge in [-0.05, 0) is 35.9 Å². The molecule has 0 fully saturated rings. The molecule has 0 radical (unpaired) electrons. The number of anilines is 2. The maximum Gasteiger partial charge on any atom is 0.253 e. The molecule has 0 bridgehead atoms. The molecule has 0 aliphatic rings. The Morgan fingerprint density at radius 1 is 0.960 bits per heavy atom. The van der Waals surface area contributed by atoms with E-state index in [1.165, 1.54) is 6.20 Å². The van der Waals surface area contributed by atoms with Crippen LogP contribution in [0.4, 0.5) is 11.4 Å². The van der Waals surface area contributed by atoms with Crippen molar-refractivity contribution in [3.05, 3.63) is 88.2 Å². The molecule has 0 unspecified atom stereocenters. The van der Waals surface area contributed by atoms with Crippen LogP contribution in [0.3, 0.4) is 0 Å². The normalized spacial score (nSPS) is 10.3. The highest BCUT2D eigenvalue weighted by Crippen LogP contribution is 2.20. The van der Waals surface area contributed by atoms with Gasteiger partial charge in [0.1, 0.15) is 0 Å². The zero-order chi connectivity index (χ0) is 17.6.